The molecule has 0 fully saturated rings. The lowest BCUT2D eigenvalue weighted by atomic mass is 10.1. The number of likely N-dealkylation sites (N-methyl/N-ethyl adjacent to an activating group) is 1. The van der Waals surface area contributed by atoms with Crippen molar-refractivity contribution in [1.82, 2.24) is 10.5 Å². The third-order valence-electron chi connectivity index (χ3n) is 3.66. The molecule has 0 aliphatic heterocycles. The number of benzene rings is 1. The van der Waals surface area contributed by atoms with Crippen molar-refractivity contribution >= 4 is 56.5 Å². The molecule has 0 atom stereocenters. The molecule has 0 aliphatic rings. The van der Waals surface area contributed by atoms with E-state index in [2.05, 4.69) is 38.3 Å². The van der Waals surface area contributed by atoms with Crippen LogP contribution >= 0.6 is 39.1 Å². The van der Waals surface area contributed by atoms with Crippen LogP contribution in [0.5, 0.6) is 5.75 Å². The van der Waals surface area contributed by atoms with Crippen LogP contribution in [0.3, 0.4) is 0 Å². The maximum absolute atomic E-state index is 13.1. The minimum absolute atomic E-state index is 0.271. The number of aromatic nitrogens is 1. The van der Waals surface area contributed by atoms with Crippen molar-refractivity contribution in [2.75, 3.05) is 24.3 Å². The molecular weight excluding hydrogens is 467 g/mol. The average Bonchev–Trinajstić information content (AvgIpc) is 2.62. The van der Waals surface area contributed by atoms with Crippen LogP contribution in [0.25, 0.3) is 0 Å². The van der Waals surface area contributed by atoms with Gasteiger partial charge in [-0.05, 0) is 36.8 Å². The van der Waals surface area contributed by atoms with Gasteiger partial charge in [0, 0.05) is 35.9 Å². The van der Waals surface area contributed by atoms with Crippen molar-refractivity contribution in [3.8, 4) is 5.75 Å². The Balaban J connectivity index is 2.43. The Labute approximate surface area is 182 Å². The summed E-state index contributed by atoms with van der Waals surface area (Å²) in [6, 6.07) is 6.74. The van der Waals surface area contributed by atoms with Crippen LogP contribution < -0.4 is 20.5 Å². The molecule has 28 heavy (non-hydrogen) atoms. The normalized spacial score (nSPS) is 11.1. The van der Waals surface area contributed by atoms with Crippen LogP contribution in [0, 0.1) is 6.92 Å². The monoisotopic (exact) mass is 484 g/mol. The number of carbonyl (C=O) groups excluding carboxylic acids is 1. The zero-order chi connectivity index (χ0) is 20.8. The quantitative estimate of drug-likeness (QED) is 0.325. The highest BCUT2D eigenvalue weighted by molar-refractivity contribution is 9.11. The first-order chi connectivity index (χ1) is 13.2. The van der Waals surface area contributed by atoms with Crippen molar-refractivity contribution in [2.24, 2.45) is 0 Å². The molecular formula is C19H19BrCl2N4O2. The van der Waals surface area contributed by atoms with E-state index in [-0.39, 0.29) is 5.70 Å². The number of halogens is 3. The predicted molar refractivity (Wildman–Crippen MR) is 118 cm³/mol. The standard InChI is InChI=1S/C19H19BrCl2N4O2/c1-11-8-13(21)10-16(28-23-3)17(11)25-19(27)15(9-12(2)20)26(4)18-14(22)6-5-7-24-18/h5-10,23H,2H2,1,3-4H3,(H,25,27)/b15-9-. The first-order valence-electron chi connectivity index (χ1n) is 8.10. The van der Waals surface area contributed by atoms with Crippen molar-refractivity contribution in [2.45, 2.75) is 6.92 Å². The molecule has 0 unspecified atom stereocenters. The van der Waals surface area contributed by atoms with Gasteiger partial charge in [-0.2, -0.15) is 5.48 Å². The number of aryl methyl sites for hydroxylation is 1. The lowest BCUT2D eigenvalue weighted by molar-refractivity contribution is -0.112. The fourth-order valence-electron chi connectivity index (χ4n) is 2.44. The van der Waals surface area contributed by atoms with Crippen LogP contribution in [0.2, 0.25) is 10.0 Å². The minimum atomic E-state index is -0.406. The van der Waals surface area contributed by atoms with E-state index in [1.807, 2.05) is 6.92 Å². The molecule has 0 saturated carbocycles. The number of carbonyl (C=O) groups is 1. The van der Waals surface area contributed by atoms with Gasteiger partial charge in [-0.25, -0.2) is 4.98 Å². The second-order valence-corrected chi connectivity index (χ2v) is 7.56. The number of pyridine rings is 1. The summed E-state index contributed by atoms with van der Waals surface area (Å²) in [5, 5.41) is 3.76. The molecule has 148 valence electrons. The lowest BCUT2D eigenvalue weighted by Gasteiger charge is -2.23. The first-order valence-corrected chi connectivity index (χ1v) is 9.65. The van der Waals surface area contributed by atoms with Gasteiger partial charge in [-0.15, -0.1) is 0 Å². The van der Waals surface area contributed by atoms with E-state index in [0.717, 1.165) is 5.56 Å². The molecule has 2 rings (SSSR count). The molecule has 0 spiro atoms. The maximum atomic E-state index is 13.1. The minimum Gasteiger partial charge on any atom is -0.407 e. The molecule has 6 nitrogen and oxygen atoms in total. The smallest absolute Gasteiger partial charge is 0.272 e. The molecule has 0 bridgehead atoms. The van der Waals surface area contributed by atoms with E-state index in [4.69, 9.17) is 28.0 Å². The van der Waals surface area contributed by atoms with E-state index in [1.165, 1.54) is 0 Å². The molecule has 1 aromatic heterocycles. The van der Waals surface area contributed by atoms with Gasteiger partial charge in [0.15, 0.2) is 11.6 Å². The van der Waals surface area contributed by atoms with Crippen LogP contribution in [0.15, 0.2) is 53.3 Å². The van der Waals surface area contributed by atoms with Gasteiger partial charge in [-0.1, -0.05) is 45.7 Å². The molecule has 1 heterocycles. The highest BCUT2D eigenvalue weighted by atomic mass is 79.9. The number of hydroxylamine groups is 1. The van der Waals surface area contributed by atoms with E-state index >= 15 is 0 Å². The van der Waals surface area contributed by atoms with Gasteiger partial charge in [0.2, 0.25) is 0 Å². The third kappa shape index (κ3) is 5.48. The molecule has 0 radical (unpaired) electrons. The number of anilines is 2. The van der Waals surface area contributed by atoms with Crippen molar-refractivity contribution in [1.29, 1.82) is 0 Å². The zero-order valence-corrected chi connectivity index (χ0v) is 18.6. The molecule has 1 aromatic carbocycles. The number of allylic oxidation sites excluding steroid dienone is 2. The molecule has 9 heteroatoms. The molecule has 1 amide bonds. The SMILES string of the molecule is C=C(Br)/C=C(/C(=O)Nc1c(C)cc(Cl)cc1ONC)N(C)c1ncccc1Cl. The number of nitrogens with one attached hydrogen (secondary N) is 2. The molecule has 0 aliphatic carbocycles. The van der Waals surface area contributed by atoms with Gasteiger partial charge in [-0.3, -0.25) is 4.79 Å². The summed E-state index contributed by atoms with van der Waals surface area (Å²) in [7, 11) is 3.30. The number of amides is 1. The summed E-state index contributed by atoms with van der Waals surface area (Å²) in [5.74, 6) is 0.409. The summed E-state index contributed by atoms with van der Waals surface area (Å²) in [5.41, 5.74) is 4.08. The number of rotatable bonds is 7. The topological polar surface area (TPSA) is 66.5 Å². The van der Waals surface area contributed by atoms with Crippen molar-refractivity contribution < 1.29 is 9.63 Å². The third-order valence-corrected chi connectivity index (χ3v) is 4.40. The molecule has 2 N–H and O–H groups in total. The summed E-state index contributed by atoms with van der Waals surface area (Å²) in [4.78, 5) is 24.3. The highest BCUT2D eigenvalue weighted by Crippen LogP contribution is 2.33. The van der Waals surface area contributed by atoms with Gasteiger partial charge < -0.3 is 15.1 Å². The van der Waals surface area contributed by atoms with Crippen LogP contribution in [0.4, 0.5) is 11.5 Å². The van der Waals surface area contributed by atoms with E-state index in [9.17, 15) is 4.79 Å². The van der Waals surface area contributed by atoms with Crippen molar-refractivity contribution in [3.63, 3.8) is 0 Å². The summed E-state index contributed by atoms with van der Waals surface area (Å²) < 4.78 is 0.510. The van der Waals surface area contributed by atoms with E-state index in [0.29, 0.717) is 31.8 Å². The van der Waals surface area contributed by atoms with Gasteiger partial charge in [0.05, 0.1) is 10.7 Å². The van der Waals surface area contributed by atoms with Crippen LogP contribution in [-0.4, -0.2) is 25.0 Å². The zero-order valence-electron chi connectivity index (χ0n) is 15.5. The second kappa shape index (κ2) is 9.93. The van der Waals surface area contributed by atoms with Gasteiger partial charge in [0.25, 0.3) is 5.91 Å². The Bertz CT molecular complexity index is 934. The van der Waals surface area contributed by atoms with Gasteiger partial charge >= 0.3 is 0 Å². The number of hydrogen-bond acceptors (Lipinski definition) is 5. The second-order valence-electron chi connectivity index (χ2n) is 5.70. The Kier molecular flexibility index (Phi) is 7.88. The predicted octanol–water partition coefficient (Wildman–Crippen LogP) is 5.08. The average molecular weight is 486 g/mol. The summed E-state index contributed by atoms with van der Waals surface area (Å²) >= 11 is 15.6. The van der Waals surface area contributed by atoms with E-state index < -0.39 is 5.91 Å². The Morgan fingerprint density at radius 2 is 2.11 bits per heavy atom. The first kappa shape index (κ1) is 22.2. The van der Waals surface area contributed by atoms with Crippen LogP contribution in [-0.2, 0) is 4.79 Å². The van der Waals surface area contributed by atoms with Crippen LogP contribution in [0.1, 0.15) is 5.56 Å². The number of hydrogen-bond donors (Lipinski definition) is 2. The fraction of sp³-hybridized carbons (Fsp3) is 0.158. The van der Waals surface area contributed by atoms with Gasteiger partial charge in [0.1, 0.15) is 5.70 Å². The van der Waals surface area contributed by atoms with Crippen molar-refractivity contribution in [3.05, 3.63) is 68.9 Å². The largest absolute Gasteiger partial charge is 0.407 e. The highest BCUT2D eigenvalue weighted by Gasteiger charge is 2.21. The molecule has 2 aromatic rings. The summed E-state index contributed by atoms with van der Waals surface area (Å²) in [6.45, 7) is 5.60. The molecule has 0 saturated heterocycles. The summed E-state index contributed by atoms with van der Waals surface area (Å²) in [6.07, 6.45) is 3.17. The number of nitrogens with zero attached hydrogens (tertiary/aromatic N) is 2. The maximum Gasteiger partial charge on any atom is 0.272 e. The fourth-order valence-corrected chi connectivity index (χ4v) is 3.17. The van der Waals surface area contributed by atoms with E-state index in [1.54, 1.807) is 55.5 Å². The lowest BCUT2D eigenvalue weighted by Crippen LogP contribution is -2.29. The Morgan fingerprint density at radius 1 is 1.39 bits per heavy atom. The Hall–Kier alpha value is -2.06. The Morgan fingerprint density at radius 3 is 2.71 bits per heavy atom.